The first kappa shape index (κ1) is 11.9. The molecule has 1 heterocycles. The summed E-state index contributed by atoms with van der Waals surface area (Å²) in [7, 11) is 0. The van der Waals surface area contributed by atoms with Gasteiger partial charge in [0.2, 0.25) is 5.95 Å². The molecule has 1 atom stereocenters. The highest BCUT2D eigenvalue weighted by atomic mass is 15.1. The molecular formula is C11H20N4. The number of nitrogens with two attached hydrogens (primary N) is 1. The van der Waals surface area contributed by atoms with Crippen LogP contribution in [0.15, 0.2) is 12.4 Å². The number of aryl methyl sites for hydroxylation is 1. The van der Waals surface area contributed by atoms with Crippen LogP contribution in [0.3, 0.4) is 0 Å². The molecular weight excluding hydrogens is 188 g/mol. The maximum Gasteiger partial charge on any atom is 0.222 e. The van der Waals surface area contributed by atoms with Crippen LogP contribution in [-0.2, 0) is 0 Å². The maximum atomic E-state index is 5.56. The average Bonchev–Trinajstić information content (AvgIpc) is 2.20. The molecule has 1 unspecified atom stereocenters. The van der Waals surface area contributed by atoms with Crippen molar-refractivity contribution in [2.24, 2.45) is 11.7 Å². The molecule has 0 bridgehead atoms. The Morgan fingerprint density at radius 3 is 2.40 bits per heavy atom. The van der Waals surface area contributed by atoms with Crippen molar-refractivity contribution >= 4 is 5.95 Å². The van der Waals surface area contributed by atoms with E-state index < -0.39 is 0 Å². The van der Waals surface area contributed by atoms with Gasteiger partial charge in [-0.3, -0.25) is 0 Å². The van der Waals surface area contributed by atoms with E-state index in [1.807, 2.05) is 19.3 Å². The zero-order valence-electron chi connectivity index (χ0n) is 9.70. The minimum Gasteiger partial charge on any atom is -0.351 e. The molecule has 0 saturated heterocycles. The van der Waals surface area contributed by atoms with Crippen molar-refractivity contribution in [3.63, 3.8) is 0 Å². The predicted octanol–water partition coefficient (Wildman–Crippen LogP) is 1.57. The van der Waals surface area contributed by atoms with E-state index in [2.05, 4.69) is 29.1 Å². The topological polar surface area (TPSA) is 63.8 Å². The lowest BCUT2D eigenvalue weighted by Crippen LogP contribution is -2.29. The van der Waals surface area contributed by atoms with E-state index in [1.165, 1.54) is 0 Å². The van der Waals surface area contributed by atoms with Crippen molar-refractivity contribution in [2.45, 2.75) is 33.2 Å². The Balaban J connectivity index is 2.61. The van der Waals surface area contributed by atoms with Gasteiger partial charge in [-0.1, -0.05) is 13.8 Å². The van der Waals surface area contributed by atoms with Gasteiger partial charge in [0.05, 0.1) is 0 Å². The van der Waals surface area contributed by atoms with Gasteiger partial charge in [0.15, 0.2) is 0 Å². The largest absolute Gasteiger partial charge is 0.351 e. The third-order valence-corrected chi connectivity index (χ3v) is 2.38. The summed E-state index contributed by atoms with van der Waals surface area (Å²) >= 11 is 0. The molecule has 0 aliphatic carbocycles. The SMILES string of the molecule is Cc1cnc(NC(CCN)C(C)C)nc1. The molecule has 3 N–H and O–H groups in total. The van der Waals surface area contributed by atoms with Crippen LogP contribution in [0, 0.1) is 12.8 Å². The second kappa shape index (κ2) is 5.66. The fraction of sp³-hybridized carbons (Fsp3) is 0.636. The van der Waals surface area contributed by atoms with Crippen molar-refractivity contribution in [3.8, 4) is 0 Å². The molecule has 1 aromatic rings. The lowest BCUT2D eigenvalue weighted by Gasteiger charge is -2.21. The lowest BCUT2D eigenvalue weighted by atomic mass is 10.0. The van der Waals surface area contributed by atoms with Crippen molar-refractivity contribution < 1.29 is 0 Å². The van der Waals surface area contributed by atoms with Crippen molar-refractivity contribution in [3.05, 3.63) is 18.0 Å². The zero-order valence-corrected chi connectivity index (χ0v) is 9.70. The van der Waals surface area contributed by atoms with Gasteiger partial charge in [-0.15, -0.1) is 0 Å². The van der Waals surface area contributed by atoms with E-state index in [4.69, 9.17) is 5.73 Å². The van der Waals surface area contributed by atoms with Gasteiger partial charge in [-0.25, -0.2) is 9.97 Å². The number of hydrogen-bond donors (Lipinski definition) is 2. The molecule has 0 amide bonds. The summed E-state index contributed by atoms with van der Waals surface area (Å²) in [5.41, 5.74) is 6.63. The van der Waals surface area contributed by atoms with Crippen LogP contribution in [0.4, 0.5) is 5.95 Å². The summed E-state index contributed by atoms with van der Waals surface area (Å²) in [6.45, 7) is 6.99. The molecule has 4 heteroatoms. The molecule has 0 radical (unpaired) electrons. The second-order valence-corrected chi connectivity index (χ2v) is 4.16. The molecule has 0 fully saturated rings. The fourth-order valence-corrected chi connectivity index (χ4v) is 1.38. The number of nitrogens with one attached hydrogen (secondary N) is 1. The van der Waals surface area contributed by atoms with Gasteiger partial charge in [0, 0.05) is 18.4 Å². The smallest absolute Gasteiger partial charge is 0.222 e. The van der Waals surface area contributed by atoms with E-state index in [0.29, 0.717) is 24.5 Å². The zero-order chi connectivity index (χ0) is 11.3. The van der Waals surface area contributed by atoms with Crippen LogP contribution >= 0.6 is 0 Å². The molecule has 15 heavy (non-hydrogen) atoms. The molecule has 0 aromatic carbocycles. The highest BCUT2D eigenvalue weighted by Gasteiger charge is 2.12. The van der Waals surface area contributed by atoms with Crippen LogP contribution in [-0.4, -0.2) is 22.6 Å². The van der Waals surface area contributed by atoms with Crippen LogP contribution in [0.25, 0.3) is 0 Å². The molecule has 0 aliphatic rings. The monoisotopic (exact) mass is 208 g/mol. The van der Waals surface area contributed by atoms with Crippen molar-refractivity contribution in [2.75, 3.05) is 11.9 Å². The molecule has 84 valence electrons. The van der Waals surface area contributed by atoms with E-state index in [9.17, 15) is 0 Å². The Hall–Kier alpha value is -1.16. The van der Waals surface area contributed by atoms with Crippen LogP contribution in [0.1, 0.15) is 25.8 Å². The molecule has 0 saturated carbocycles. The summed E-state index contributed by atoms with van der Waals surface area (Å²) in [5, 5.41) is 3.30. The van der Waals surface area contributed by atoms with Gasteiger partial charge >= 0.3 is 0 Å². The van der Waals surface area contributed by atoms with Gasteiger partial charge in [0.25, 0.3) is 0 Å². The Kier molecular flexibility index (Phi) is 4.49. The molecule has 0 aliphatic heterocycles. The molecule has 0 spiro atoms. The van der Waals surface area contributed by atoms with E-state index in [1.54, 1.807) is 0 Å². The Bertz CT molecular complexity index is 281. The number of hydrogen-bond acceptors (Lipinski definition) is 4. The number of rotatable bonds is 5. The first-order valence-electron chi connectivity index (χ1n) is 5.38. The van der Waals surface area contributed by atoms with E-state index >= 15 is 0 Å². The van der Waals surface area contributed by atoms with Gasteiger partial charge in [-0.05, 0) is 31.4 Å². The summed E-state index contributed by atoms with van der Waals surface area (Å²) in [5.74, 6) is 1.21. The molecule has 1 aromatic heterocycles. The summed E-state index contributed by atoms with van der Waals surface area (Å²) in [6.07, 6.45) is 4.57. The predicted molar refractivity (Wildman–Crippen MR) is 62.7 cm³/mol. The third-order valence-electron chi connectivity index (χ3n) is 2.38. The second-order valence-electron chi connectivity index (χ2n) is 4.16. The lowest BCUT2D eigenvalue weighted by molar-refractivity contribution is 0.496. The molecule has 4 nitrogen and oxygen atoms in total. The maximum absolute atomic E-state index is 5.56. The van der Waals surface area contributed by atoms with Crippen molar-refractivity contribution in [1.82, 2.24) is 9.97 Å². The first-order valence-corrected chi connectivity index (χ1v) is 5.38. The van der Waals surface area contributed by atoms with Crippen LogP contribution in [0.2, 0.25) is 0 Å². The third kappa shape index (κ3) is 3.83. The van der Waals surface area contributed by atoms with E-state index in [0.717, 1.165) is 12.0 Å². The highest BCUT2D eigenvalue weighted by molar-refractivity contribution is 5.26. The Morgan fingerprint density at radius 2 is 1.93 bits per heavy atom. The Labute approximate surface area is 91.3 Å². The van der Waals surface area contributed by atoms with E-state index in [-0.39, 0.29) is 0 Å². The fourth-order valence-electron chi connectivity index (χ4n) is 1.38. The summed E-state index contributed by atoms with van der Waals surface area (Å²) in [6, 6.07) is 0.345. The number of nitrogens with zero attached hydrogens (tertiary/aromatic N) is 2. The normalized spacial score (nSPS) is 12.9. The quantitative estimate of drug-likeness (QED) is 0.771. The summed E-state index contributed by atoms with van der Waals surface area (Å²) in [4.78, 5) is 8.44. The minimum atomic E-state index is 0.345. The Morgan fingerprint density at radius 1 is 1.33 bits per heavy atom. The average molecular weight is 208 g/mol. The van der Waals surface area contributed by atoms with Gasteiger partial charge < -0.3 is 11.1 Å². The van der Waals surface area contributed by atoms with Gasteiger partial charge in [0.1, 0.15) is 0 Å². The van der Waals surface area contributed by atoms with Gasteiger partial charge in [-0.2, -0.15) is 0 Å². The first-order chi connectivity index (χ1) is 7.13. The minimum absolute atomic E-state index is 0.345. The van der Waals surface area contributed by atoms with Crippen LogP contribution in [0.5, 0.6) is 0 Å². The van der Waals surface area contributed by atoms with Crippen molar-refractivity contribution in [1.29, 1.82) is 0 Å². The number of anilines is 1. The summed E-state index contributed by atoms with van der Waals surface area (Å²) < 4.78 is 0. The standard InChI is InChI=1S/C11H20N4/c1-8(2)10(4-5-12)15-11-13-6-9(3)7-14-11/h6-8,10H,4-5,12H2,1-3H3,(H,13,14,15). The highest BCUT2D eigenvalue weighted by Crippen LogP contribution is 2.10. The number of aromatic nitrogens is 2. The van der Waals surface area contributed by atoms with Crippen LogP contribution < -0.4 is 11.1 Å². The molecule has 1 rings (SSSR count).